The molecule has 1 atom stereocenters. The van der Waals surface area contributed by atoms with Crippen molar-refractivity contribution in [1.82, 2.24) is 25.0 Å². The van der Waals surface area contributed by atoms with Gasteiger partial charge >= 0.3 is 6.03 Å². The lowest BCUT2D eigenvalue weighted by Gasteiger charge is -2.48. The van der Waals surface area contributed by atoms with Crippen molar-refractivity contribution in [2.75, 3.05) is 32.7 Å². The van der Waals surface area contributed by atoms with Gasteiger partial charge in [-0.1, -0.05) is 6.07 Å². The molecule has 0 bridgehead atoms. The molecule has 3 saturated heterocycles. The van der Waals surface area contributed by atoms with Crippen LogP contribution in [0.15, 0.2) is 24.4 Å². The second-order valence-corrected chi connectivity index (χ2v) is 8.13. The largest absolute Gasteiger partial charge is 0.341 e. The zero-order valence-electron chi connectivity index (χ0n) is 16.3. The lowest BCUT2D eigenvalue weighted by atomic mass is 9.73. The highest BCUT2D eigenvalue weighted by Crippen LogP contribution is 2.39. The Kier molecular flexibility index (Phi) is 5.21. The van der Waals surface area contributed by atoms with Crippen LogP contribution in [-0.2, 0) is 20.9 Å². The zero-order chi connectivity index (χ0) is 20.4. The van der Waals surface area contributed by atoms with Gasteiger partial charge in [-0.05, 0) is 31.4 Å². The monoisotopic (exact) mass is 399 g/mol. The number of nitrogens with zero attached hydrogens (tertiary/aromatic N) is 4. The van der Waals surface area contributed by atoms with Crippen LogP contribution in [0.4, 0.5) is 4.79 Å². The summed E-state index contributed by atoms with van der Waals surface area (Å²) in [6, 6.07) is 5.14. The van der Waals surface area contributed by atoms with Gasteiger partial charge in [-0.25, -0.2) is 4.79 Å². The second kappa shape index (κ2) is 7.81. The van der Waals surface area contributed by atoms with Crippen molar-refractivity contribution in [1.29, 1.82) is 0 Å². The van der Waals surface area contributed by atoms with Crippen LogP contribution in [0.1, 0.15) is 31.4 Å². The number of piperidine rings is 2. The number of pyridine rings is 1. The Balaban J connectivity index is 1.42. The average molecular weight is 399 g/mol. The molecule has 0 aromatic carbocycles. The normalized spacial score (nSPS) is 25.0. The van der Waals surface area contributed by atoms with Crippen molar-refractivity contribution >= 4 is 23.8 Å². The fourth-order valence-electron chi connectivity index (χ4n) is 4.54. The summed E-state index contributed by atoms with van der Waals surface area (Å²) in [6.07, 6.45) is 4.72. The summed E-state index contributed by atoms with van der Waals surface area (Å²) in [7, 11) is 0. The first kappa shape index (κ1) is 19.4. The van der Waals surface area contributed by atoms with Crippen LogP contribution >= 0.6 is 0 Å². The highest BCUT2D eigenvalue weighted by Gasteiger charge is 2.43. The number of hydrogen-bond acceptors (Lipinski definition) is 5. The van der Waals surface area contributed by atoms with Gasteiger partial charge in [-0.3, -0.25) is 24.3 Å². The molecule has 1 N–H and O–H groups in total. The van der Waals surface area contributed by atoms with Gasteiger partial charge in [0.1, 0.15) is 6.54 Å². The molecule has 4 heterocycles. The van der Waals surface area contributed by atoms with Gasteiger partial charge in [0.15, 0.2) is 0 Å². The molecule has 9 heteroatoms. The Bertz CT molecular complexity index is 813. The predicted octanol–water partition coefficient (Wildman–Crippen LogP) is 0.365. The van der Waals surface area contributed by atoms with Crippen molar-refractivity contribution in [3.63, 3.8) is 0 Å². The fourth-order valence-corrected chi connectivity index (χ4v) is 4.54. The highest BCUT2D eigenvalue weighted by atomic mass is 16.2. The number of carbonyl (C=O) groups is 4. The smallest absolute Gasteiger partial charge is 0.325 e. The summed E-state index contributed by atoms with van der Waals surface area (Å²) in [5.41, 5.74) is 0.702. The van der Waals surface area contributed by atoms with Crippen LogP contribution in [0.25, 0.3) is 0 Å². The van der Waals surface area contributed by atoms with Gasteiger partial charge in [-0.2, -0.15) is 0 Å². The summed E-state index contributed by atoms with van der Waals surface area (Å²) in [6.45, 7) is 1.94. The SMILES string of the molecule is O=C(CN1C(=O)CNC1=O)N1CCC[C@@]2(CCC(=O)N(Cc3ccccn3)C2)C1. The summed E-state index contributed by atoms with van der Waals surface area (Å²) < 4.78 is 0. The molecule has 0 radical (unpaired) electrons. The molecule has 1 aromatic rings. The number of urea groups is 1. The van der Waals surface area contributed by atoms with E-state index in [1.54, 1.807) is 11.1 Å². The van der Waals surface area contributed by atoms with Crippen molar-refractivity contribution in [3.8, 4) is 0 Å². The Morgan fingerprint density at radius 3 is 2.72 bits per heavy atom. The van der Waals surface area contributed by atoms with Crippen LogP contribution in [0.5, 0.6) is 0 Å². The topological polar surface area (TPSA) is 103 Å². The third-order valence-corrected chi connectivity index (χ3v) is 6.07. The Hall–Kier alpha value is -2.97. The number of hydrogen-bond donors (Lipinski definition) is 1. The van der Waals surface area contributed by atoms with Crippen LogP contribution in [0, 0.1) is 5.41 Å². The van der Waals surface area contributed by atoms with Crippen molar-refractivity contribution in [3.05, 3.63) is 30.1 Å². The molecule has 3 aliphatic heterocycles. The molecule has 0 unspecified atom stereocenters. The van der Waals surface area contributed by atoms with Crippen molar-refractivity contribution in [2.24, 2.45) is 5.41 Å². The minimum atomic E-state index is -0.514. The van der Waals surface area contributed by atoms with Gasteiger partial charge in [0.2, 0.25) is 11.8 Å². The van der Waals surface area contributed by atoms with E-state index >= 15 is 0 Å². The van der Waals surface area contributed by atoms with Gasteiger partial charge < -0.3 is 15.1 Å². The van der Waals surface area contributed by atoms with Gasteiger partial charge in [-0.15, -0.1) is 0 Å². The van der Waals surface area contributed by atoms with E-state index in [0.29, 0.717) is 32.6 Å². The van der Waals surface area contributed by atoms with Crippen LogP contribution in [0.2, 0.25) is 0 Å². The lowest BCUT2D eigenvalue weighted by Crippen LogP contribution is -2.56. The summed E-state index contributed by atoms with van der Waals surface area (Å²) in [4.78, 5) is 57.6. The van der Waals surface area contributed by atoms with E-state index in [9.17, 15) is 19.2 Å². The second-order valence-electron chi connectivity index (χ2n) is 8.13. The fraction of sp³-hybridized carbons (Fsp3) is 0.550. The maximum Gasteiger partial charge on any atom is 0.325 e. The molecule has 1 aromatic heterocycles. The number of amides is 5. The average Bonchev–Trinajstić information content (AvgIpc) is 3.04. The van der Waals surface area contributed by atoms with E-state index in [1.165, 1.54) is 0 Å². The van der Waals surface area contributed by atoms with E-state index in [0.717, 1.165) is 29.9 Å². The Morgan fingerprint density at radius 1 is 1.14 bits per heavy atom. The number of imide groups is 1. The van der Waals surface area contributed by atoms with Gasteiger partial charge in [0.25, 0.3) is 5.91 Å². The van der Waals surface area contributed by atoms with Crippen molar-refractivity contribution < 1.29 is 19.2 Å². The summed E-state index contributed by atoms with van der Waals surface area (Å²) in [5, 5.41) is 2.43. The first-order valence-electron chi connectivity index (χ1n) is 9.99. The zero-order valence-corrected chi connectivity index (χ0v) is 16.3. The third kappa shape index (κ3) is 4.08. The Morgan fingerprint density at radius 2 is 2.00 bits per heavy atom. The molecule has 4 rings (SSSR count). The molecule has 3 aliphatic rings. The van der Waals surface area contributed by atoms with Crippen LogP contribution in [-0.4, -0.2) is 76.2 Å². The highest BCUT2D eigenvalue weighted by molar-refractivity contribution is 6.04. The van der Waals surface area contributed by atoms with Crippen LogP contribution < -0.4 is 5.32 Å². The standard InChI is InChI=1S/C20H25N5O4/c26-16-5-7-20(14-24(16)11-15-4-1-2-8-21-15)6-3-9-23(13-20)18(28)12-25-17(27)10-22-19(25)29/h1-2,4,8H,3,5-7,9-14H2,(H,22,29)/t20-/m1/s1. The number of likely N-dealkylation sites (tertiary alicyclic amines) is 2. The third-order valence-electron chi connectivity index (χ3n) is 6.07. The predicted molar refractivity (Wildman–Crippen MR) is 102 cm³/mol. The molecule has 9 nitrogen and oxygen atoms in total. The van der Waals surface area contributed by atoms with Gasteiger partial charge in [0.05, 0.1) is 18.8 Å². The molecule has 1 spiro atoms. The Labute approximate surface area is 169 Å². The number of carbonyl (C=O) groups excluding carboxylic acids is 4. The summed E-state index contributed by atoms with van der Waals surface area (Å²) in [5.74, 6) is -0.480. The maximum atomic E-state index is 12.8. The lowest BCUT2D eigenvalue weighted by molar-refractivity contribution is -0.145. The quantitative estimate of drug-likeness (QED) is 0.737. The van der Waals surface area contributed by atoms with Crippen molar-refractivity contribution in [2.45, 2.75) is 32.2 Å². The molecule has 5 amide bonds. The number of rotatable bonds is 4. The number of aromatic nitrogens is 1. The van der Waals surface area contributed by atoms with E-state index < -0.39 is 6.03 Å². The van der Waals surface area contributed by atoms with Crippen LogP contribution in [0.3, 0.4) is 0 Å². The first-order valence-corrected chi connectivity index (χ1v) is 9.99. The maximum absolute atomic E-state index is 12.8. The first-order chi connectivity index (χ1) is 14.0. The number of nitrogens with one attached hydrogen (secondary N) is 1. The van der Waals surface area contributed by atoms with E-state index in [1.807, 2.05) is 23.1 Å². The summed E-state index contributed by atoms with van der Waals surface area (Å²) >= 11 is 0. The molecule has 154 valence electrons. The molecular formula is C20H25N5O4. The van der Waals surface area contributed by atoms with E-state index in [2.05, 4.69) is 10.3 Å². The molecule has 0 saturated carbocycles. The molecule has 0 aliphatic carbocycles. The minimum Gasteiger partial charge on any atom is -0.341 e. The minimum absolute atomic E-state index is 0.0549. The molecule has 29 heavy (non-hydrogen) atoms. The molecular weight excluding hydrogens is 374 g/mol. The molecule has 3 fully saturated rings. The van der Waals surface area contributed by atoms with E-state index in [-0.39, 0.29) is 36.2 Å². The van der Waals surface area contributed by atoms with Gasteiger partial charge in [0, 0.05) is 37.7 Å². The van der Waals surface area contributed by atoms with E-state index in [4.69, 9.17) is 0 Å².